The summed E-state index contributed by atoms with van der Waals surface area (Å²) < 4.78 is 7.48. The normalized spacial score (nSPS) is 19.3. The second kappa shape index (κ2) is 6.94. The van der Waals surface area contributed by atoms with Gasteiger partial charge in [-0.3, -0.25) is 9.36 Å². The molecule has 1 aliphatic heterocycles. The van der Waals surface area contributed by atoms with Crippen molar-refractivity contribution in [2.75, 3.05) is 30.4 Å². The molecule has 7 nitrogen and oxygen atoms in total. The Morgan fingerprint density at radius 1 is 1.50 bits per heavy atom. The summed E-state index contributed by atoms with van der Waals surface area (Å²) in [5.41, 5.74) is 0. The number of aromatic nitrogens is 3. The molecule has 0 aromatic carbocycles. The molecule has 1 fully saturated rings. The lowest BCUT2D eigenvalue weighted by Crippen LogP contribution is -2.46. The molecule has 0 radical (unpaired) electrons. The summed E-state index contributed by atoms with van der Waals surface area (Å²) in [5, 5.41) is 17.8. The van der Waals surface area contributed by atoms with Crippen LogP contribution in [-0.2, 0) is 16.1 Å². The number of morpholine rings is 1. The van der Waals surface area contributed by atoms with Gasteiger partial charge in [-0.25, -0.2) is 0 Å². The number of carboxylic acids is 1. The van der Waals surface area contributed by atoms with Gasteiger partial charge in [-0.05, 0) is 13.3 Å². The summed E-state index contributed by atoms with van der Waals surface area (Å²) in [6.45, 7) is 7.03. The molecule has 1 N–H and O–H groups in total. The van der Waals surface area contributed by atoms with Crippen LogP contribution in [0.15, 0.2) is 5.16 Å². The predicted molar refractivity (Wildman–Crippen MR) is 76.3 cm³/mol. The molecule has 0 amide bonds. The Hall–Kier alpha value is -1.28. The molecule has 1 unspecified atom stereocenters. The average molecular weight is 300 g/mol. The molecule has 0 spiro atoms. The fourth-order valence-electron chi connectivity index (χ4n) is 2.26. The first-order valence-electron chi connectivity index (χ1n) is 6.79. The molecule has 1 aromatic rings. The topological polar surface area (TPSA) is 80.5 Å². The summed E-state index contributed by atoms with van der Waals surface area (Å²) in [6, 6.07) is 0.301. The second-order valence-electron chi connectivity index (χ2n) is 4.54. The third kappa shape index (κ3) is 3.24. The van der Waals surface area contributed by atoms with Gasteiger partial charge in [0.1, 0.15) is 0 Å². The first-order valence-corrected chi connectivity index (χ1v) is 7.78. The van der Waals surface area contributed by atoms with Crippen LogP contribution in [0.4, 0.5) is 5.95 Å². The quantitative estimate of drug-likeness (QED) is 0.788. The smallest absolute Gasteiger partial charge is 0.313 e. The minimum atomic E-state index is -0.847. The number of carboxylic acid groups (broad SMARTS) is 1. The number of hydrogen-bond acceptors (Lipinski definition) is 6. The maximum absolute atomic E-state index is 10.7. The van der Waals surface area contributed by atoms with Gasteiger partial charge in [0, 0.05) is 13.1 Å². The lowest BCUT2D eigenvalue weighted by Gasteiger charge is -2.35. The van der Waals surface area contributed by atoms with Crippen LogP contribution in [0.25, 0.3) is 0 Å². The SMILES string of the molecule is CCC1COCCN1c1nnc(SCC(=O)O)n1CC. The standard InChI is InChI=1S/C12H20N4O3S/c1-3-9-7-19-6-5-16(9)11-13-14-12(15(11)4-2)20-8-10(17)18/h9H,3-8H2,1-2H3,(H,17,18). The first kappa shape index (κ1) is 15.1. The number of nitrogens with zero attached hydrogens (tertiary/aromatic N) is 4. The number of ether oxygens (including phenoxy) is 1. The molecule has 112 valence electrons. The molecule has 0 saturated carbocycles. The van der Waals surface area contributed by atoms with E-state index in [1.54, 1.807) is 0 Å². The van der Waals surface area contributed by atoms with Gasteiger partial charge in [0.2, 0.25) is 5.95 Å². The van der Waals surface area contributed by atoms with Crippen LogP contribution in [-0.4, -0.2) is 57.4 Å². The predicted octanol–water partition coefficient (Wildman–Crippen LogP) is 1.09. The maximum Gasteiger partial charge on any atom is 0.313 e. The Balaban J connectivity index is 2.20. The van der Waals surface area contributed by atoms with E-state index in [9.17, 15) is 4.79 Å². The molecule has 1 saturated heterocycles. The lowest BCUT2D eigenvalue weighted by atomic mass is 10.2. The Labute approximate surface area is 122 Å². The zero-order valence-corrected chi connectivity index (χ0v) is 12.6. The summed E-state index contributed by atoms with van der Waals surface area (Å²) in [7, 11) is 0. The molecule has 1 atom stereocenters. The van der Waals surface area contributed by atoms with Gasteiger partial charge in [-0.1, -0.05) is 18.7 Å². The lowest BCUT2D eigenvalue weighted by molar-refractivity contribution is -0.133. The van der Waals surface area contributed by atoms with E-state index in [0.29, 0.717) is 24.4 Å². The number of thioether (sulfide) groups is 1. The van der Waals surface area contributed by atoms with Crippen molar-refractivity contribution in [3.05, 3.63) is 0 Å². The van der Waals surface area contributed by atoms with Gasteiger partial charge < -0.3 is 14.7 Å². The van der Waals surface area contributed by atoms with Crippen LogP contribution >= 0.6 is 11.8 Å². The van der Waals surface area contributed by atoms with Crippen LogP contribution in [0.2, 0.25) is 0 Å². The third-order valence-electron chi connectivity index (χ3n) is 3.29. The highest BCUT2D eigenvalue weighted by Gasteiger charge is 2.26. The molecule has 2 heterocycles. The highest BCUT2D eigenvalue weighted by Crippen LogP contribution is 2.25. The van der Waals surface area contributed by atoms with Crippen LogP contribution < -0.4 is 4.90 Å². The number of carbonyl (C=O) groups is 1. The third-order valence-corrected chi connectivity index (χ3v) is 4.25. The van der Waals surface area contributed by atoms with Crippen molar-refractivity contribution in [3.63, 3.8) is 0 Å². The van der Waals surface area contributed by atoms with Crippen LogP contribution in [0.5, 0.6) is 0 Å². The number of hydrogen-bond donors (Lipinski definition) is 1. The number of anilines is 1. The molecular weight excluding hydrogens is 280 g/mol. The number of aliphatic carboxylic acids is 1. The summed E-state index contributed by atoms with van der Waals surface area (Å²) >= 11 is 1.21. The van der Waals surface area contributed by atoms with Crippen LogP contribution in [0, 0.1) is 0 Å². The van der Waals surface area contributed by atoms with E-state index in [4.69, 9.17) is 9.84 Å². The summed E-state index contributed by atoms with van der Waals surface area (Å²) in [4.78, 5) is 12.9. The molecule has 0 aliphatic carbocycles. The van der Waals surface area contributed by atoms with E-state index in [1.165, 1.54) is 11.8 Å². The molecule has 20 heavy (non-hydrogen) atoms. The average Bonchev–Trinajstić information content (AvgIpc) is 2.87. The van der Waals surface area contributed by atoms with Gasteiger partial charge >= 0.3 is 5.97 Å². The number of rotatable bonds is 6. The zero-order valence-electron chi connectivity index (χ0n) is 11.8. The first-order chi connectivity index (χ1) is 9.67. The van der Waals surface area contributed by atoms with E-state index in [2.05, 4.69) is 22.0 Å². The molecule has 1 aromatic heterocycles. The fraction of sp³-hybridized carbons (Fsp3) is 0.750. The van der Waals surface area contributed by atoms with Crippen LogP contribution in [0.3, 0.4) is 0 Å². The van der Waals surface area contributed by atoms with Crippen molar-refractivity contribution in [1.82, 2.24) is 14.8 Å². The van der Waals surface area contributed by atoms with E-state index in [1.807, 2.05) is 11.5 Å². The van der Waals surface area contributed by atoms with Gasteiger partial charge in [-0.15, -0.1) is 10.2 Å². The van der Waals surface area contributed by atoms with E-state index in [0.717, 1.165) is 25.5 Å². The van der Waals surface area contributed by atoms with Gasteiger partial charge in [0.25, 0.3) is 0 Å². The zero-order chi connectivity index (χ0) is 14.5. The summed E-state index contributed by atoms with van der Waals surface area (Å²) in [5.74, 6) is -0.0334. The summed E-state index contributed by atoms with van der Waals surface area (Å²) in [6.07, 6.45) is 0.980. The molecule has 0 bridgehead atoms. The Morgan fingerprint density at radius 2 is 2.30 bits per heavy atom. The van der Waals surface area contributed by atoms with Crippen molar-refractivity contribution >= 4 is 23.7 Å². The molecule has 8 heteroatoms. The van der Waals surface area contributed by atoms with Gasteiger partial charge in [0.15, 0.2) is 5.16 Å². The highest BCUT2D eigenvalue weighted by molar-refractivity contribution is 7.99. The van der Waals surface area contributed by atoms with Gasteiger partial charge in [-0.2, -0.15) is 0 Å². The Kier molecular flexibility index (Phi) is 5.24. The van der Waals surface area contributed by atoms with Gasteiger partial charge in [0.05, 0.1) is 25.0 Å². The van der Waals surface area contributed by atoms with E-state index < -0.39 is 5.97 Å². The minimum Gasteiger partial charge on any atom is -0.481 e. The highest BCUT2D eigenvalue weighted by atomic mass is 32.2. The molecule has 2 rings (SSSR count). The van der Waals surface area contributed by atoms with Crippen molar-refractivity contribution in [2.24, 2.45) is 0 Å². The van der Waals surface area contributed by atoms with E-state index in [-0.39, 0.29) is 5.75 Å². The van der Waals surface area contributed by atoms with Crippen molar-refractivity contribution < 1.29 is 14.6 Å². The minimum absolute atomic E-state index is 0.00154. The van der Waals surface area contributed by atoms with Crippen molar-refractivity contribution in [1.29, 1.82) is 0 Å². The van der Waals surface area contributed by atoms with Crippen molar-refractivity contribution in [3.8, 4) is 0 Å². The maximum atomic E-state index is 10.7. The Bertz CT molecular complexity index is 466. The second-order valence-corrected chi connectivity index (χ2v) is 5.48. The monoisotopic (exact) mass is 300 g/mol. The fourth-order valence-corrected chi connectivity index (χ4v) is 2.98. The Morgan fingerprint density at radius 3 is 2.95 bits per heavy atom. The largest absolute Gasteiger partial charge is 0.481 e. The van der Waals surface area contributed by atoms with Crippen molar-refractivity contribution in [2.45, 2.75) is 38.0 Å². The molecular formula is C12H20N4O3S. The van der Waals surface area contributed by atoms with Crippen LogP contribution in [0.1, 0.15) is 20.3 Å². The molecule has 1 aliphatic rings. The van der Waals surface area contributed by atoms with E-state index >= 15 is 0 Å².